The lowest BCUT2D eigenvalue weighted by atomic mass is 10.0. The SMILES string of the molecule is CCCC(C)(C#CCBr)OCC(C)(C)[SiH](C)C. The van der Waals surface area contributed by atoms with Crippen molar-refractivity contribution in [3.8, 4) is 11.8 Å². The molecular formula is C14H27BrOSi. The number of halogens is 1. The average molecular weight is 319 g/mol. The van der Waals surface area contributed by atoms with Gasteiger partial charge in [0, 0.05) is 8.80 Å². The Labute approximate surface area is 117 Å². The fourth-order valence-electron chi connectivity index (χ4n) is 1.38. The van der Waals surface area contributed by atoms with E-state index in [1.807, 2.05) is 0 Å². The third-order valence-electron chi connectivity index (χ3n) is 3.47. The van der Waals surface area contributed by atoms with E-state index in [-0.39, 0.29) is 5.60 Å². The minimum Gasteiger partial charge on any atom is -0.362 e. The normalized spacial score (nSPS) is 15.3. The van der Waals surface area contributed by atoms with Crippen molar-refractivity contribution in [3.05, 3.63) is 0 Å². The number of hydrogen-bond acceptors (Lipinski definition) is 1. The van der Waals surface area contributed by atoms with Gasteiger partial charge in [0.25, 0.3) is 0 Å². The zero-order valence-electron chi connectivity index (χ0n) is 12.2. The van der Waals surface area contributed by atoms with Gasteiger partial charge >= 0.3 is 0 Å². The molecule has 0 aromatic rings. The van der Waals surface area contributed by atoms with Gasteiger partial charge in [-0.3, -0.25) is 0 Å². The van der Waals surface area contributed by atoms with E-state index in [0.29, 0.717) is 5.04 Å². The van der Waals surface area contributed by atoms with Crippen LogP contribution in [0.2, 0.25) is 18.1 Å². The monoisotopic (exact) mass is 318 g/mol. The van der Waals surface area contributed by atoms with Crippen molar-refractivity contribution in [1.29, 1.82) is 0 Å². The highest BCUT2D eigenvalue weighted by molar-refractivity contribution is 9.09. The Hall–Kier alpha value is 0.217. The molecule has 0 aliphatic carbocycles. The molecule has 0 aromatic heterocycles. The van der Waals surface area contributed by atoms with Crippen LogP contribution >= 0.6 is 15.9 Å². The Balaban J connectivity index is 4.56. The molecule has 0 aliphatic rings. The largest absolute Gasteiger partial charge is 0.362 e. The second kappa shape index (κ2) is 7.61. The van der Waals surface area contributed by atoms with Crippen molar-refractivity contribution in [2.75, 3.05) is 11.9 Å². The maximum atomic E-state index is 6.14. The molecule has 1 atom stereocenters. The molecule has 100 valence electrons. The molecule has 0 saturated heterocycles. The average Bonchev–Trinajstić information content (AvgIpc) is 2.24. The topological polar surface area (TPSA) is 9.23 Å². The van der Waals surface area contributed by atoms with Crippen LogP contribution in [0.1, 0.15) is 40.5 Å². The Morgan fingerprint density at radius 2 is 1.82 bits per heavy atom. The van der Waals surface area contributed by atoms with Crippen molar-refractivity contribution in [3.63, 3.8) is 0 Å². The molecule has 0 amide bonds. The molecule has 0 aliphatic heterocycles. The highest BCUT2D eigenvalue weighted by atomic mass is 79.9. The third kappa shape index (κ3) is 6.64. The smallest absolute Gasteiger partial charge is 0.125 e. The zero-order valence-corrected chi connectivity index (χ0v) is 14.9. The zero-order chi connectivity index (χ0) is 13.5. The predicted octanol–water partition coefficient (Wildman–Crippen LogP) is 4.23. The molecule has 1 unspecified atom stereocenters. The lowest BCUT2D eigenvalue weighted by Gasteiger charge is -2.33. The summed E-state index contributed by atoms with van der Waals surface area (Å²) in [7, 11) is -0.699. The maximum absolute atomic E-state index is 6.14. The number of rotatable bonds is 6. The number of alkyl halides is 1. The van der Waals surface area contributed by atoms with Gasteiger partial charge in [-0.25, -0.2) is 0 Å². The molecule has 0 rings (SSSR count). The molecule has 0 radical (unpaired) electrons. The van der Waals surface area contributed by atoms with Gasteiger partial charge in [0.1, 0.15) is 5.60 Å². The van der Waals surface area contributed by atoms with E-state index in [0.717, 1.165) is 24.8 Å². The Kier molecular flexibility index (Phi) is 7.70. The van der Waals surface area contributed by atoms with Crippen LogP contribution in [0.5, 0.6) is 0 Å². The van der Waals surface area contributed by atoms with Gasteiger partial charge in [-0.2, -0.15) is 0 Å². The lowest BCUT2D eigenvalue weighted by molar-refractivity contribution is -0.00539. The minimum atomic E-state index is -0.699. The summed E-state index contributed by atoms with van der Waals surface area (Å²) in [5.41, 5.74) is -0.275. The summed E-state index contributed by atoms with van der Waals surface area (Å²) in [5.74, 6) is 6.35. The van der Waals surface area contributed by atoms with Crippen LogP contribution in [0, 0.1) is 11.8 Å². The van der Waals surface area contributed by atoms with E-state index in [9.17, 15) is 0 Å². The van der Waals surface area contributed by atoms with Crippen molar-refractivity contribution in [2.45, 2.75) is 64.3 Å². The van der Waals surface area contributed by atoms with Gasteiger partial charge < -0.3 is 4.74 Å². The van der Waals surface area contributed by atoms with Gasteiger partial charge in [-0.1, -0.05) is 68.1 Å². The van der Waals surface area contributed by atoms with Crippen LogP contribution in [-0.2, 0) is 4.74 Å². The third-order valence-corrected chi connectivity index (χ3v) is 7.05. The van der Waals surface area contributed by atoms with Crippen molar-refractivity contribution < 1.29 is 4.74 Å². The van der Waals surface area contributed by atoms with Crippen LogP contribution in [0.15, 0.2) is 0 Å². The molecule has 0 aromatic carbocycles. The van der Waals surface area contributed by atoms with Gasteiger partial charge in [-0.05, 0) is 18.4 Å². The van der Waals surface area contributed by atoms with Gasteiger partial charge in [0.2, 0.25) is 0 Å². The molecule has 3 heteroatoms. The molecule has 0 fully saturated rings. The van der Waals surface area contributed by atoms with Gasteiger partial charge in [0.15, 0.2) is 0 Å². The predicted molar refractivity (Wildman–Crippen MR) is 83.8 cm³/mol. The molecule has 0 spiro atoms. The fraction of sp³-hybridized carbons (Fsp3) is 0.857. The van der Waals surface area contributed by atoms with E-state index in [2.05, 4.69) is 68.6 Å². The fourth-order valence-corrected chi connectivity index (χ4v) is 1.94. The van der Waals surface area contributed by atoms with Crippen LogP contribution in [0.3, 0.4) is 0 Å². The van der Waals surface area contributed by atoms with Crippen molar-refractivity contribution in [2.24, 2.45) is 0 Å². The summed E-state index contributed by atoms with van der Waals surface area (Å²) in [6.07, 6.45) is 2.11. The molecule has 0 N–H and O–H groups in total. The first-order valence-electron chi connectivity index (χ1n) is 6.47. The quantitative estimate of drug-likeness (QED) is 0.404. The van der Waals surface area contributed by atoms with Crippen molar-refractivity contribution in [1.82, 2.24) is 0 Å². The van der Waals surface area contributed by atoms with Crippen LogP contribution < -0.4 is 0 Å². The van der Waals surface area contributed by atoms with Crippen molar-refractivity contribution >= 4 is 24.7 Å². The summed E-state index contributed by atoms with van der Waals surface area (Å²) in [6.45, 7) is 14.5. The van der Waals surface area contributed by atoms with E-state index in [1.165, 1.54) is 0 Å². The summed E-state index contributed by atoms with van der Waals surface area (Å²) >= 11 is 3.34. The van der Waals surface area contributed by atoms with E-state index in [1.54, 1.807) is 0 Å². The molecule has 0 saturated carbocycles. The summed E-state index contributed by atoms with van der Waals surface area (Å²) in [5, 5.41) is 1.06. The summed E-state index contributed by atoms with van der Waals surface area (Å²) in [4.78, 5) is 0. The Morgan fingerprint density at radius 3 is 2.24 bits per heavy atom. The first-order chi connectivity index (χ1) is 7.77. The van der Waals surface area contributed by atoms with Gasteiger partial charge in [0.05, 0.1) is 11.9 Å². The van der Waals surface area contributed by atoms with E-state index < -0.39 is 8.80 Å². The minimum absolute atomic E-state index is 0.275. The number of ether oxygens (including phenoxy) is 1. The Morgan fingerprint density at radius 1 is 1.24 bits per heavy atom. The van der Waals surface area contributed by atoms with Crippen LogP contribution in [-0.4, -0.2) is 26.3 Å². The molecular weight excluding hydrogens is 292 g/mol. The number of hydrogen-bond donors (Lipinski definition) is 0. The molecule has 1 nitrogen and oxygen atoms in total. The maximum Gasteiger partial charge on any atom is 0.125 e. The first kappa shape index (κ1) is 17.2. The highest BCUT2D eigenvalue weighted by Gasteiger charge is 2.29. The highest BCUT2D eigenvalue weighted by Crippen LogP contribution is 2.31. The van der Waals surface area contributed by atoms with E-state index in [4.69, 9.17) is 4.74 Å². The molecule has 17 heavy (non-hydrogen) atoms. The Bertz CT molecular complexity index is 278. The lowest BCUT2D eigenvalue weighted by Crippen LogP contribution is -2.34. The first-order valence-corrected chi connectivity index (χ1v) is 10.5. The van der Waals surface area contributed by atoms with Gasteiger partial charge in [-0.15, -0.1) is 0 Å². The second-order valence-corrected chi connectivity index (χ2v) is 10.3. The molecule has 0 heterocycles. The van der Waals surface area contributed by atoms with E-state index >= 15 is 0 Å². The summed E-state index contributed by atoms with van der Waals surface area (Å²) in [6, 6.07) is 0. The standard InChI is InChI=1S/C14H27BrOSi/c1-7-9-14(4,10-8-11-15)16-12-13(2,3)17(5)6/h17H,7,9,11-12H2,1-6H3. The summed E-state index contributed by atoms with van der Waals surface area (Å²) < 4.78 is 6.14. The van der Waals surface area contributed by atoms with Crippen LogP contribution in [0.25, 0.3) is 0 Å². The van der Waals surface area contributed by atoms with Crippen LogP contribution in [0.4, 0.5) is 0 Å². The molecule has 0 bridgehead atoms. The second-order valence-electron chi connectivity index (χ2n) is 5.85.